The van der Waals surface area contributed by atoms with Crippen LogP contribution in [0.2, 0.25) is 0 Å². The number of aliphatic hydroxyl groups excluding tert-OH is 1. The molecule has 2 N–H and O–H groups in total. The van der Waals surface area contributed by atoms with E-state index in [1.165, 1.54) is 11.1 Å². The summed E-state index contributed by atoms with van der Waals surface area (Å²) in [4.78, 5) is 0. The number of hydrogen-bond acceptors (Lipinski definition) is 3. The first-order valence-corrected chi connectivity index (χ1v) is 6.41. The third kappa shape index (κ3) is 2.37. The normalized spacial score (nSPS) is 29.2. The Balaban J connectivity index is 1.61. The van der Waals surface area contributed by atoms with Crippen molar-refractivity contribution < 1.29 is 9.84 Å². The zero-order valence-corrected chi connectivity index (χ0v) is 9.93. The third-order valence-corrected chi connectivity index (χ3v) is 3.83. The smallest absolute Gasteiger partial charge is 0.0927 e. The maximum Gasteiger partial charge on any atom is 0.0927 e. The molecule has 0 saturated carbocycles. The SMILES string of the molecule is O[C@@H]1COCC[C@H]1NC1Cc2ccccc2C1. The molecule has 0 bridgehead atoms. The Morgan fingerprint density at radius 3 is 2.53 bits per heavy atom. The summed E-state index contributed by atoms with van der Waals surface area (Å²) < 4.78 is 5.25. The predicted molar refractivity (Wildman–Crippen MR) is 66.0 cm³/mol. The Morgan fingerprint density at radius 2 is 1.88 bits per heavy atom. The van der Waals surface area contributed by atoms with E-state index in [2.05, 4.69) is 29.6 Å². The van der Waals surface area contributed by atoms with Crippen molar-refractivity contribution in [2.45, 2.75) is 37.5 Å². The molecule has 92 valence electrons. The second-order valence-corrected chi connectivity index (χ2v) is 5.08. The lowest BCUT2D eigenvalue weighted by Gasteiger charge is -2.31. The van der Waals surface area contributed by atoms with Crippen LogP contribution in [0.1, 0.15) is 17.5 Å². The zero-order valence-electron chi connectivity index (χ0n) is 9.93. The summed E-state index contributed by atoms with van der Waals surface area (Å²) >= 11 is 0. The molecule has 1 aromatic rings. The number of nitrogens with one attached hydrogen (secondary N) is 1. The summed E-state index contributed by atoms with van der Waals surface area (Å²) in [6.07, 6.45) is 2.72. The molecule has 1 aromatic carbocycles. The van der Waals surface area contributed by atoms with Crippen molar-refractivity contribution in [3.63, 3.8) is 0 Å². The molecule has 2 atom stereocenters. The number of ether oxygens (including phenoxy) is 1. The molecule has 1 heterocycles. The van der Waals surface area contributed by atoms with Gasteiger partial charge >= 0.3 is 0 Å². The average Bonchev–Trinajstić information content (AvgIpc) is 2.74. The van der Waals surface area contributed by atoms with E-state index < -0.39 is 0 Å². The Bertz CT molecular complexity index is 369. The maximum absolute atomic E-state index is 9.86. The van der Waals surface area contributed by atoms with Gasteiger partial charge in [-0.1, -0.05) is 24.3 Å². The minimum atomic E-state index is -0.354. The average molecular weight is 233 g/mol. The van der Waals surface area contributed by atoms with Gasteiger partial charge < -0.3 is 15.2 Å². The summed E-state index contributed by atoms with van der Waals surface area (Å²) in [6.45, 7) is 1.23. The highest BCUT2D eigenvalue weighted by atomic mass is 16.5. The van der Waals surface area contributed by atoms with Gasteiger partial charge in [0.1, 0.15) is 0 Å². The fourth-order valence-electron chi connectivity index (χ4n) is 2.90. The first-order valence-electron chi connectivity index (χ1n) is 6.41. The van der Waals surface area contributed by atoms with Crippen LogP contribution in [0.15, 0.2) is 24.3 Å². The number of hydrogen-bond donors (Lipinski definition) is 2. The summed E-state index contributed by atoms with van der Waals surface area (Å²) in [5.41, 5.74) is 2.90. The van der Waals surface area contributed by atoms with Crippen LogP contribution in [0.5, 0.6) is 0 Å². The molecule has 1 fully saturated rings. The first kappa shape index (κ1) is 11.2. The van der Waals surface area contributed by atoms with Gasteiger partial charge in [-0.25, -0.2) is 0 Å². The van der Waals surface area contributed by atoms with Gasteiger partial charge in [0.15, 0.2) is 0 Å². The highest BCUT2D eigenvalue weighted by Gasteiger charge is 2.28. The van der Waals surface area contributed by atoms with Crippen molar-refractivity contribution >= 4 is 0 Å². The Hall–Kier alpha value is -0.900. The topological polar surface area (TPSA) is 41.5 Å². The molecule has 0 unspecified atom stereocenters. The van der Waals surface area contributed by atoms with Gasteiger partial charge in [-0.3, -0.25) is 0 Å². The second-order valence-electron chi connectivity index (χ2n) is 5.08. The number of benzene rings is 1. The van der Waals surface area contributed by atoms with Crippen molar-refractivity contribution in [2.24, 2.45) is 0 Å². The molecule has 0 radical (unpaired) electrons. The van der Waals surface area contributed by atoms with Gasteiger partial charge in [0.25, 0.3) is 0 Å². The highest BCUT2D eigenvalue weighted by molar-refractivity contribution is 5.33. The molecule has 3 rings (SSSR count). The molecular weight excluding hydrogens is 214 g/mol. The quantitative estimate of drug-likeness (QED) is 0.797. The molecule has 0 spiro atoms. The molecule has 17 heavy (non-hydrogen) atoms. The minimum Gasteiger partial charge on any atom is -0.389 e. The van der Waals surface area contributed by atoms with Crippen molar-refractivity contribution in [3.05, 3.63) is 35.4 Å². The van der Waals surface area contributed by atoms with E-state index in [-0.39, 0.29) is 12.1 Å². The van der Waals surface area contributed by atoms with Crippen LogP contribution in [-0.2, 0) is 17.6 Å². The van der Waals surface area contributed by atoms with Crippen LogP contribution < -0.4 is 5.32 Å². The molecule has 2 aliphatic rings. The summed E-state index contributed by atoms with van der Waals surface area (Å²) in [5.74, 6) is 0. The van der Waals surface area contributed by atoms with E-state index in [0.29, 0.717) is 12.6 Å². The molecule has 3 nitrogen and oxygen atoms in total. The van der Waals surface area contributed by atoms with Crippen LogP contribution in [0.4, 0.5) is 0 Å². The standard InChI is InChI=1S/C14H19NO2/c16-14-9-17-6-5-13(14)15-12-7-10-3-1-2-4-11(10)8-12/h1-4,12-16H,5-9H2/t13-,14-/m1/s1. The minimum absolute atomic E-state index is 0.197. The van der Waals surface area contributed by atoms with Gasteiger partial charge in [-0.2, -0.15) is 0 Å². The van der Waals surface area contributed by atoms with E-state index >= 15 is 0 Å². The van der Waals surface area contributed by atoms with Crippen molar-refractivity contribution in [1.82, 2.24) is 5.32 Å². The van der Waals surface area contributed by atoms with Crippen LogP contribution >= 0.6 is 0 Å². The van der Waals surface area contributed by atoms with Gasteiger partial charge in [0.05, 0.1) is 12.7 Å². The Labute approximate surface area is 102 Å². The van der Waals surface area contributed by atoms with Crippen LogP contribution in [0.3, 0.4) is 0 Å². The van der Waals surface area contributed by atoms with Crippen LogP contribution in [0, 0.1) is 0 Å². The predicted octanol–water partition coefficient (Wildman–Crippen LogP) is 0.893. The van der Waals surface area contributed by atoms with E-state index in [9.17, 15) is 5.11 Å². The monoisotopic (exact) mass is 233 g/mol. The second kappa shape index (κ2) is 4.77. The summed E-state index contributed by atoms with van der Waals surface area (Å²) in [7, 11) is 0. The molecular formula is C14H19NO2. The largest absolute Gasteiger partial charge is 0.389 e. The molecule has 1 aliphatic heterocycles. The van der Waals surface area contributed by atoms with Crippen molar-refractivity contribution in [2.75, 3.05) is 13.2 Å². The van der Waals surface area contributed by atoms with Gasteiger partial charge in [0, 0.05) is 18.7 Å². The molecule has 0 aromatic heterocycles. The zero-order chi connectivity index (χ0) is 11.7. The molecule has 0 amide bonds. The fourth-order valence-corrected chi connectivity index (χ4v) is 2.90. The fraction of sp³-hybridized carbons (Fsp3) is 0.571. The van der Waals surface area contributed by atoms with Gasteiger partial charge in [-0.15, -0.1) is 0 Å². The van der Waals surface area contributed by atoms with Crippen molar-refractivity contribution in [3.8, 4) is 0 Å². The molecule has 1 aliphatic carbocycles. The maximum atomic E-state index is 9.86. The molecule has 1 saturated heterocycles. The Morgan fingerprint density at radius 1 is 1.18 bits per heavy atom. The van der Waals surface area contributed by atoms with Gasteiger partial charge in [-0.05, 0) is 30.4 Å². The van der Waals surface area contributed by atoms with E-state index in [1.54, 1.807) is 0 Å². The van der Waals surface area contributed by atoms with Gasteiger partial charge in [0.2, 0.25) is 0 Å². The van der Waals surface area contributed by atoms with Crippen LogP contribution in [-0.4, -0.2) is 36.5 Å². The van der Waals surface area contributed by atoms with E-state index in [0.717, 1.165) is 25.9 Å². The van der Waals surface area contributed by atoms with E-state index in [1.807, 2.05) is 0 Å². The lowest BCUT2D eigenvalue weighted by molar-refractivity contribution is -0.0300. The third-order valence-electron chi connectivity index (χ3n) is 3.83. The lowest BCUT2D eigenvalue weighted by Crippen LogP contribution is -2.50. The number of fused-ring (bicyclic) bond motifs is 1. The first-order chi connectivity index (χ1) is 8.33. The Kier molecular flexibility index (Phi) is 3.14. The summed E-state index contributed by atoms with van der Waals surface area (Å²) in [6, 6.07) is 9.29. The number of aliphatic hydroxyl groups is 1. The number of rotatable bonds is 2. The summed E-state index contributed by atoms with van der Waals surface area (Å²) in [5, 5.41) is 13.4. The lowest BCUT2D eigenvalue weighted by atomic mass is 10.0. The van der Waals surface area contributed by atoms with Crippen LogP contribution in [0.25, 0.3) is 0 Å². The van der Waals surface area contributed by atoms with Crippen molar-refractivity contribution in [1.29, 1.82) is 0 Å². The molecule has 3 heteroatoms. The highest BCUT2D eigenvalue weighted by Crippen LogP contribution is 2.23. The van der Waals surface area contributed by atoms with E-state index in [4.69, 9.17) is 4.74 Å².